The number of hydrogen-bond acceptors (Lipinski definition) is 4. The van der Waals surface area contributed by atoms with E-state index in [0.29, 0.717) is 19.3 Å². The van der Waals surface area contributed by atoms with E-state index in [1.165, 1.54) is 0 Å². The van der Waals surface area contributed by atoms with E-state index >= 15 is 0 Å². The van der Waals surface area contributed by atoms with Crippen LogP contribution in [0.2, 0.25) is 0 Å². The number of carbonyl (C=O) groups excluding carboxylic acids is 2. The summed E-state index contributed by atoms with van der Waals surface area (Å²) in [5.74, 6) is -2.29. The second-order valence-corrected chi connectivity index (χ2v) is 6.93. The van der Waals surface area contributed by atoms with E-state index in [9.17, 15) is 35.9 Å². The third-order valence-electron chi connectivity index (χ3n) is 4.70. The van der Waals surface area contributed by atoms with E-state index in [1.807, 2.05) is 6.92 Å². The highest BCUT2D eigenvalue weighted by Crippen LogP contribution is 2.39. The van der Waals surface area contributed by atoms with Gasteiger partial charge in [-0.3, -0.25) is 9.59 Å². The minimum atomic E-state index is -5.73. The molecule has 0 aromatic rings. The normalized spacial score (nSPS) is 18.4. The van der Waals surface area contributed by atoms with Gasteiger partial charge in [0.1, 0.15) is 5.60 Å². The van der Waals surface area contributed by atoms with E-state index in [0.717, 1.165) is 12.8 Å². The van der Waals surface area contributed by atoms with Gasteiger partial charge in [0.05, 0.1) is 5.92 Å². The van der Waals surface area contributed by atoms with Crippen LogP contribution >= 0.6 is 0 Å². The molecule has 0 aromatic carbocycles. The van der Waals surface area contributed by atoms with Gasteiger partial charge in [-0.05, 0) is 44.9 Å². The molecule has 1 saturated carbocycles. The zero-order valence-corrected chi connectivity index (χ0v) is 15.2. The molecule has 0 spiro atoms. The molecule has 27 heavy (non-hydrogen) atoms. The van der Waals surface area contributed by atoms with Crippen molar-refractivity contribution in [2.24, 2.45) is 5.92 Å². The lowest BCUT2D eigenvalue weighted by atomic mass is 9.94. The summed E-state index contributed by atoms with van der Waals surface area (Å²) in [7, 11) is 0. The summed E-state index contributed by atoms with van der Waals surface area (Å²) in [6.45, 7) is 3.53. The second kappa shape index (κ2) is 9.14. The van der Waals surface area contributed by atoms with Gasteiger partial charge in [-0.2, -0.15) is 26.3 Å². The molecule has 1 aliphatic rings. The van der Waals surface area contributed by atoms with E-state index in [2.05, 4.69) is 4.74 Å². The average molecular weight is 406 g/mol. The third kappa shape index (κ3) is 7.21. The molecule has 10 heteroatoms. The molecule has 1 aliphatic carbocycles. The maximum Gasteiger partial charge on any atom is 0.434 e. The first-order valence-electron chi connectivity index (χ1n) is 8.86. The van der Waals surface area contributed by atoms with Crippen LogP contribution in [0.5, 0.6) is 0 Å². The number of esters is 2. The van der Waals surface area contributed by atoms with E-state index in [4.69, 9.17) is 4.74 Å². The molecule has 158 valence electrons. The van der Waals surface area contributed by atoms with Crippen LogP contribution in [0.25, 0.3) is 0 Å². The van der Waals surface area contributed by atoms with Gasteiger partial charge < -0.3 is 9.47 Å². The minimum Gasteiger partial charge on any atom is -0.459 e. The summed E-state index contributed by atoms with van der Waals surface area (Å²) in [5, 5.41) is 0. The van der Waals surface area contributed by atoms with Gasteiger partial charge in [-0.15, -0.1) is 0 Å². The third-order valence-corrected chi connectivity index (χ3v) is 4.70. The molecule has 0 saturated heterocycles. The van der Waals surface area contributed by atoms with Crippen LogP contribution in [0, 0.1) is 5.92 Å². The van der Waals surface area contributed by atoms with Crippen LogP contribution < -0.4 is 0 Å². The fourth-order valence-electron chi connectivity index (χ4n) is 2.97. The first-order chi connectivity index (χ1) is 12.3. The maximum absolute atomic E-state index is 12.4. The Bertz CT molecular complexity index is 495. The van der Waals surface area contributed by atoms with Crippen molar-refractivity contribution in [3.05, 3.63) is 0 Å². The summed E-state index contributed by atoms with van der Waals surface area (Å²) in [4.78, 5) is 23.5. The molecule has 0 N–H and O–H groups in total. The fourth-order valence-corrected chi connectivity index (χ4v) is 2.97. The number of ether oxygens (including phenoxy) is 2. The lowest BCUT2D eigenvalue weighted by Crippen LogP contribution is -2.45. The van der Waals surface area contributed by atoms with Crippen molar-refractivity contribution in [2.75, 3.05) is 0 Å². The first-order valence-corrected chi connectivity index (χ1v) is 8.86. The molecular formula is C17H24F6O4. The Morgan fingerprint density at radius 2 is 1.56 bits per heavy atom. The molecule has 0 radical (unpaired) electrons. The Kier molecular flexibility index (Phi) is 7.98. The molecule has 1 atom stereocenters. The van der Waals surface area contributed by atoms with Crippen molar-refractivity contribution in [3.63, 3.8) is 0 Å². The lowest BCUT2D eigenvalue weighted by Gasteiger charge is -2.30. The van der Waals surface area contributed by atoms with Gasteiger partial charge in [0.2, 0.25) is 0 Å². The highest BCUT2D eigenvalue weighted by molar-refractivity contribution is 5.72. The van der Waals surface area contributed by atoms with Crippen LogP contribution in [0.4, 0.5) is 26.3 Å². The fraction of sp³-hybridized carbons (Fsp3) is 0.882. The van der Waals surface area contributed by atoms with Crippen molar-refractivity contribution in [3.8, 4) is 0 Å². The Hall–Kier alpha value is -1.48. The van der Waals surface area contributed by atoms with Gasteiger partial charge in [-0.1, -0.05) is 13.8 Å². The van der Waals surface area contributed by atoms with E-state index < -0.39 is 42.4 Å². The molecule has 1 unspecified atom stereocenters. The zero-order valence-electron chi connectivity index (χ0n) is 15.2. The molecular weight excluding hydrogens is 382 g/mol. The molecule has 1 fully saturated rings. The lowest BCUT2D eigenvalue weighted by molar-refractivity contribution is -0.313. The van der Waals surface area contributed by atoms with Crippen LogP contribution in [0.1, 0.15) is 65.2 Å². The zero-order chi connectivity index (χ0) is 20.9. The molecule has 0 aromatic heterocycles. The molecule has 0 bridgehead atoms. The van der Waals surface area contributed by atoms with E-state index in [1.54, 1.807) is 6.92 Å². The van der Waals surface area contributed by atoms with Gasteiger partial charge in [0.15, 0.2) is 0 Å². The van der Waals surface area contributed by atoms with Crippen LogP contribution in [0.15, 0.2) is 0 Å². The van der Waals surface area contributed by atoms with Gasteiger partial charge in [0.25, 0.3) is 6.10 Å². The predicted octanol–water partition coefficient (Wildman–Crippen LogP) is 5.10. The summed E-state index contributed by atoms with van der Waals surface area (Å²) in [6.07, 6.45) is -12.8. The highest BCUT2D eigenvalue weighted by atomic mass is 19.4. The predicted molar refractivity (Wildman–Crippen MR) is 82.6 cm³/mol. The number of halogens is 6. The standard InChI is InChI=1S/C17H24F6O4/c1-3-11(2)13(25)27-15(8-4-5-9-15)10-6-7-12(24)26-14(16(18,19)20)17(21,22)23/h11,14H,3-10H2,1-2H3. The van der Waals surface area contributed by atoms with Gasteiger partial charge in [0, 0.05) is 6.42 Å². The number of hydrogen-bond donors (Lipinski definition) is 0. The molecule has 4 nitrogen and oxygen atoms in total. The Morgan fingerprint density at radius 1 is 1.04 bits per heavy atom. The van der Waals surface area contributed by atoms with Crippen molar-refractivity contribution in [1.82, 2.24) is 0 Å². The quantitative estimate of drug-likeness (QED) is 0.416. The Labute approximate surface area is 153 Å². The van der Waals surface area contributed by atoms with Gasteiger partial charge >= 0.3 is 24.3 Å². The molecule has 0 heterocycles. The number of alkyl halides is 6. The minimum absolute atomic E-state index is 0.0327. The smallest absolute Gasteiger partial charge is 0.434 e. The summed E-state index contributed by atoms with van der Waals surface area (Å²) in [6, 6.07) is 0. The van der Waals surface area contributed by atoms with Crippen LogP contribution in [0.3, 0.4) is 0 Å². The van der Waals surface area contributed by atoms with Crippen LogP contribution in [-0.4, -0.2) is 36.0 Å². The number of carbonyl (C=O) groups is 2. The summed E-state index contributed by atoms with van der Waals surface area (Å²) < 4.78 is 83.6. The Balaban J connectivity index is 2.60. The van der Waals surface area contributed by atoms with E-state index in [-0.39, 0.29) is 18.8 Å². The average Bonchev–Trinajstić information content (AvgIpc) is 2.98. The number of rotatable bonds is 8. The molecule has 0 aliphatic heterocycles. The van der Waals surface area contributed by atoms with Crippen LogP contribution in [-0.2, 0) is 19.1 Å². The van der Waals surface area contributed by atoms with Crippen molar-refractivity contribution < 1.29 is 45.4 Å². The molecule has 0 amide bonds. The summed E-state index contributed by atoms with van der Waals surface area (Å²) in [5.41, 5.74) is -0.811. The first kappa shape index (κ1) is 23.6. The topological polar surface area (TPSA) is 52.6 Å². The highest BCUT2D eigenvalue weighted by Gasteiger charge is 2.59. The monoisotopic (exact) mass is 406 g/mol. The van der Waals surface area contributed by atoms with Crippen molar-refractivity contribution in [2.45, 2.75) is 89.3 Å². The Morgan fingerprint density at radius 3 is 2.00 bits per heavy atom. The summed E-state index contributed by atoms with van der Waals surface area (Å²) >= 11 is 0. The largest absolute Gasteiger partial charge is 0.459 e. The van der Waals surface area contributed by atoms with Gasteiger partial charge in [-0.25, -0.2) is 0 Å². The van der Waals surface area contributed by atoms with Crippen molar-refractivity contribution >= 4 is 11.9 Å². The SMILES string of the molecule is CCC(C)C(=O)OC1(CCCC(=O)OC(C(F)(F)F)C(F)(F)F)CCCC1. The maximum atomic E-state index is 12.4. The second-order valence-electron chi connectivity index (χ2n) is 6.93. The molecule has 1 rings (SSSR count). The van der Waals surface area contributed by atoms with Crippen molar-refractivity contribution in [1.29, 1.82) is 0 Å².